The molecule has 148 valence electrons. The van der Waals surface area contributed by atoms with E-state index in [1.165, 1.54) is 5.06 Å². The number of rotatable bonds is 7. The van der Waals surface area contributed by atoms with Gasteiger partial charge in [-0.3, -0.25) is 4.84 Å². The van der Waals surface area contributed by atoms with Crippen LogP contribution in [0.2, 0.25) is 18.1 Å². The largest absolute Gasteiger partial charge is 0.411 e. The Labute approximate surface area is 161 Å². The predicted molar refractivity (Wildman–Crippen MR) is 105 cm³/mol. The van der Waals surface area contributed by atoms with Crippen LogP contribution in [0.5, 0.6) is 0 Å². The smallest absolute Gasteiger partial charge is 0.345 e. The molecule has 2 bridgehead atoms. The molecule has 0 saturated carbocycles. The average molecular weight is 392 g/mol. The van der Waals surface area contributed by atoms with E-state index in [1.807, 2.05) is 12.3 Å². The molecule has 0 aliphatic carbocycles. The van der Waals surface area contributed by atoms with Gasteiger partial charge in [0.15, 0.2) is 8.32 Å². The zero-order valence-electron chi connectivity index (χ0n) is 16.8. The lowest BCUT2D eigenvalue weighted by Gasteiger charge is -2.35. The Morgan fingerprint density at radius 3 is 2.81 bits per heavy atom. The van der Waals surface area contributed by atoms with E-state index in [-0.39, 0.29) is 17.1 Å². The van der Waals surface area contributed by atoms with Crippen molar-refractivity contribution in [2.24, 2.45) is 0 Å². The summed E-state index contributed by atoms with van der Waals surface area (Å²) in [6.07, 6.45) is 5.52. The van der Waals surface area contributed by atoms with Gasteiger partial charge in [-0.2, -0.15) is 5.06 Å². The van der Waals surface area contributed by atoms with Crippen molar-refractivity contribution in [3.8, 4) is 0 Å². The minimum Gasteiger partial charge on any atom is -0.411 e. The summed E-state index contributed by atoms with van der Waals surface area (Å²) in [7, 11) is -1.84. The van der Waals surface area contributed by atoms with Gasteiger partial charge in [-0.1, -0.05) is 32.1 Å². The normalized spacial score (nSPS) is 20.3. The highest BCUT2D eigenvalue weighted by Gasteiger charge is 2.41. The van der Waals surface area contributed by atoms with Gasteiger partial charge in [-0.25, -0.2) is 9.48 Å². The maximum absolute atomic E-state index is 12.4. The Hall–Kier alpha value is -1.97. The molecule has 27 heavy (non-hydrogen) atoms. The molecule has 8 nitrogen and oxygen atoms in total. The van der Waals surface area contributed by atoms with E-state index in [0.717, 1.165) is 11.4 Å². The van der Waals surface area contributed by atoms with Crippen molar-refractivity contribution in [2.75, 3.05) is 19.7 Å². The van der Waals surface area contributed by atoms with Gasteiger partial charge in [0, 0.05) is 6.54 Å². The van der Waals surface area contributed by atoms with Crippen LogP contribution in [0.15, 0.2) is 24.9 Å². The summed E-state index contributed by atoms with van der Waals surface area (Å²) in [6.45, 7) is 16.6. The van der Waals surface area contributed by atoms with Crippen molar-refractivity contribution >= 4 is 20.0 Å². The maximum Gasteiger partial charge on any atom is 0.345 e. The second kappa shape index (κ2) is 7.21. The minimum atomic E-state index is -1.84. The van der Waals surface area contributed by atoms with E-state index < -0.39 is 8.32 Å². The number of nitrogens with zero attached hydrogens (tertiary/aromatic N) is 5. The van der Waals surface area contributed by atoms with E-state index in [4.69, 9.17) is 9.26 Å². The molecule has 3 rings (SSSR count). The van der Waals surface area contributed by atoms with Crippen LogP contribution >= 0.6 is 0 Å². The lowest BCUT2D eigenvalue weighted by atomic mass is 10.2. The number of aromatic nitrogens is 3. The Balaban J connectivity index is 1.68. The number of carbonyl (C=O) groups is 1. The lowest BCUT2D eigenvalue weighted by molar-refractivity contribution is -0.107. The SMILES string of the molecule is C=CCON1C(=O)N2CC(n3cc(CO[Si](C)(C)C(C)(C)C)nn3)=CC1C2. The second-order valence-electron chi connectivity index (χ2n) is 8.50. The molecular formula is C18H29N5O3Si. The first-order valence-electron chi connectivity index (χ1n) is 9.20. The van der Waals surface area contributed by atoms with E-state index in [1.54, 1.807) is 15.7 Å². The van der Waals surface area contributed by atoms with Crippen LogP contribution in [0.25, 0.3) is 5.70 Å². The van der Waals surface area contributed by atoms with Crippen LogP contribution in [0, 0.1) is 0 Å². The highest BCUT2D eigenvalue weighted by Crippen LogP contribution is 2.37. The molecule has 0 aromatic carbocycles. The number of amides is 2. The van der Waals surface area contributed by atoms with E-state index in [2.05, 4.69) is 50.8 Å². The highest BCUT2D eigenvalue weighted by molar-refractivity contribution is 6.74. The molecule has 1 atom stereocenters. The number of urea groups is 1. The molecule has 0 spiro atoms. The zero-order chi connectivity index (χ0) is 19.8. The fraction of sp³-hybridized carbons (Fsp3) is 0.611. The summed E-state index contributed by atoms with van der Waals surface area (Å²) in [5.41, 5.74) is 1.70. The number of carbonyl (C=O) groups excluding carboxylic acids is 1. The summed E-state index contributed by atoms with van der Waals surface area (Å²) < 4.78 is 7.95. The van der Waals surface area contributed by atoms with Crippen LogP contribution in [0.3, 0.4) is 0 Å². The summed E-state index contributed by atoms with van der Waals surface area (Å²) in [5.74, 6) is 0. The maximum atomic E-state index is 12.4. The molecule has 2 aliphatic heterocycles. The van der Waals surface area contributed by atoms with Crippen LogP contribution in [-0.2, 0) is 15.9 Å². The average Bonchev–Trinajstić information content (AvgIpc) is 3.15. The third kappa shape index (κ3) is 3.99. The number of hydroxylamine groups is 2. The molecule has 1 unspecified atom stereocenters. The molecule has 1 aromatic rings. The molecule has 9 heteroatoms. The fourth-order valence-corrected chi connectivity index (χ4v) is 3.73. The lowest BCUT2D eigenvalue weighted by Crippen LogP contribution is -2.40. The first-order valence-corrected chi connectivity index (χ1v) is 12.1. The van der Waals surface area contributed by atoms with E-state index in [9.17, 15) is 4.79 Å². The molecular weight excluding hydrogens is 362 g/mol. The summed E-state index contributed by atoms with van der Waals surface area (Å²) in [6, 6.07) is -0.257. The third-order valence-corrected chi connectivity index (χ3v) is 9.94. The standard InChI is InChI=1S/C18H29N5O3Si/c1-7-8-25-23-16-9-15(11-21(12-16)17(23)24)22-10-14(19-20-22)13-26-27(5,6)18(2,3)4/h7,9-10,16H,1,8,11-13H2,2-6H3. The van der Waals surface area contributed by atoms with Crippen molar-refractivity contribution < 1.29 is 14.1 Å². The molecule has 2 aliphatic rings. The van der Waals surface area contributed by atoms with Crippen molar-refractivity contribution in [3.63, 3.8) is 0 Å². The Morgan fingerprint density at radius 1 is 1.41 bits per heavy atom. The predicted octanol–water partition coefficient (Wildman–Crippen LogP) is 2.88. The Bertz CT molecular complexity index is 752. The molecule has 1 saturated heterocycles. The van der Waals surface area contributed by atoms with Gasteiger partial charge in [0.05, 0.1) is 37.7 Å². The van der Waals surface area contributed by atoms with Crippen molar-refractivity contribution in [1.82, 2.24) is 25.0 Å². The van der Waals surface area contributed by atoms with Gasteiger partial charge < -0.3 is 9.33 Å². The number of fused-ring (bicyclic) bond motifs is 2. The van der Waals surface area contributed by atoms with Crippen LogP contribution in [0.4, 0.5) is 4.79 Å². The van der Waals surface area contributed by atoms with Gasteiger partial charge >= 0.3 is 6.03 Å². The van der Waals surface area contributed by atoms with Crippen molar-refractivity contribution in [2.45, 2.75) is 51.6 Å². The van der Waals surface area contributed by atoms with E-state index >= 15 is 0 Å². The molecule has 1 fully saturated rings. The summed E-state index contributed by atoms with van der Waals surface area (Å²) in [5, 5.41) is 10.0. The van der Waals surface area contributed by atoms with Crippen LogP contribution < -0.4 is 0 Å². The van der Waals surface area contributed by atoms with Gasteiger partial charge in [0.2, 0.25) is 0 Å². The molecule has 3 heterocycles. The third-order valence-electron chi connectivity index (χ3n) is 5.46. The van der Waals surface area contributed by atoms with Crippen LogP contribution in [-0.4, -0.2) is 65.0 Å². The van der Waals surface area contributed by atoms with Gasteiger partial charge in [-0.05, 0) is 24.2 Å². The van der Waals surface area contributed by atoms with Crippen molar-refractivity contribution in [1.29, 1.82) is 0 Å². The zero-order valence-corrected chi connectivity index (χ0v) is 17.8. The van der Waals surface area contributed by atoms with Crippen molar-refractivity contribution in [3.05, 3.63) is 30.6 Å². The fourth-order valence-electron chi connectivity index (χ4n) is 2.79. The molecule has 0 N–H and O–H groups in total. The topological polar surface area (TPSA) is 72.7 Å². The van der Waals surface area contributed by atoms with E-state index in [0.29, 0.717) is 26.3 Å². The number of hydrogen-bond donors (Lipinski definition) is 0. The second-order valence-corrected chi connectivity index (χ2v) is 13.3. The summed E-state index contributed by atoms with van der Waals surface area (Å²) >= 11 is 0. The quantitative estimate of drug-likeness (QED) is 0.528. The van der Waals surface area contributed by atoms with Gasteiger partial charge in [0.25, 0.3) is 0 Å². The summed E-state index contributed by atoms with van der Waals surface area (Å²) in [4.78, 5) is 19.6. The van der Waals surface area contributed by atoms with Gasteiger partial charge in [0.1, 0.15) is 5.69 Å². The molecule has 2 amide bonds. The number of hydrogen-bond acceptors (Lipinski definition) is 5. The monoisotopic (exact) mass is 391 g/mol. The van der Waals surface area contributed by atoms with Crippen LogP contribution in [0.1, 0.15) is 26.5 Å². The first-order chi connectivity index (χ1) is 12.6. The Kier molecular flexibility index (Phi) is 5.28. The van der Waals surface area contributed by atoms with Gasteiger partial charge in [-0.15, -0.1) is 11.7 Å². The molecule has 1 aromatic heterocycles. The first kappa shape index (κ1) is 19.8. The Morgan fingerprint density at radius 2 is 2.15 bits per heavy atom. The molecule has 0 radical (unpaired) electrons. The minimum absolute atomic E-state index is 0.127. The highest BCUT2D eigenvalue weighted by atomic mass is 28.4.